The lowest BCUT2D eigenvalue weighted by Gasteiger charge is -2.22. The summed E-state index contributed by atoms with van der Waals surface area (Å²) in [6.45, 7) is 5.63. The fourth-order valence-electron chi connectivity index (χ4n) is 2.10. The number of hydrogen-bond donors (Lipinski definition) is 0. The van der Waals surface area contributed by atoms with Crippen LogP contribution in [-0.4, -0.2) is 30.3 Å². The Morgan fingerprint density at radius 1 is 1.40 bits per heavy atom. The first kappa shape index (κ1) is 10.7. The SMILES string of the molecule is CC[C@H]1O[C@@H]2OC(C)(C)O[C@@H]2[C@H]1N=[N+]=[N-]. The highest BCUT2D eigenvalue weighted by Gasteiger charge is 2.53. The summed E-state index contributed by atoms with van der Waals surface area (Å²) in [5.41, 5.74) is 8.50. The maximum absolute atomic E-state index is 8.50. The number of azide groups is 1. The van der Waals surface area contributed by atoms with Gasteiger partial charge in [-0.2, -0.15) is 0 Å². The number of fused-ring (bicyclic) bond motifs is 1. The minimum absolute atomic E-state index is 0.105. The molecule has 0 aromatic heterocycles. The van der Waals surface area contributed by atoms with Gasteiger partial charge in [0.1, 0.15) is 6.10 Å². The van der Waals surface area contributed by atoms with E-state index in [1.54, 1.807) is 0 Å². The van der Waals surface area contributed by atoms with Gasteiger partial charge in [0.05, 0.1) is 12.1 Å². The van der Waals surface area contributed by atoms with E-state index in [1.165, 1.54) is 0 Å². The minimum atomic E-state index is -0.655. The van der Waals surface area contributed by atoms with E-state index in [2.05, 4.69) is 10.0 Å². The standard InChI is InChI=1S/C9H15N3O3/c1-4-5-6(11-12-10)7-8(13-5)15-9(2,3)14-7/h5-8H,4H2,1-3H3/t5-,6+,7-,8-/m1/s1. The van der Waals surface area contributed by atoms with Crippen molar-refractivity contribution in [2.24, 2.45) is 5.11 Å². The van der Waals surface area contributed by atoms with Crippen LogP contribution in [-0.2, 0) is 14.2 Å². The van der Waals surface area contributed by atoms with Crippen LogP contribution in [0.4, 0.5) is 0 Å². The van der Waals surface area contributed by atoms with E-state index >= 15 is 0 Å². The minimum Gasteiger partial charge on any atom is -0.346 e. The summed E-state index contributed by atoms with van der Waals surface area (Å²) in [4.78, 5) is 2.83. The number of rotatable bonds is 2. The molecule has 2 saturated heterocycles. The first-order chi connectivity index (χ1) is 7.07. The molecule has 2 fully saturated rings. The molecule has 2 aliphatic heterocycles. The fourth-order valence-corrected chi connectivity index (χ4v) is 2.10. The van der Waals surface area contributed by atoms with Crippen molar-refractivity contribution >= 4 is 0 Å². The Morgan fingerprint density at radius 3 is 2.73 bits per heavy atom. The average Bonchev–Trinajstić information content (AvgIpc) is 2.60. The van der Waals surface area contributed by atoms with Gasteiger partial charge in [0.15, 0.2) is 12.1 Å². The summed E-state index contributed by atoms with van der Waals surface area (Å²) in [5.74, 6) is -0.655. The van der Waals surface area contributed by atoms with Gasteiger partial charge in [-0.3, -0.25) is 0 Å². The van der Waals surface area contributed by atoms with E-state index in [0.29, 0.717) is 0 Å². The lowest BCUT2D eigenvalue weighted by Crippen LogP contribution is -2.32. The van der Waals surface area contributed by atoms with Crippen LogP contribution in [0.2, 0.25) is 0 Å². The largest absolute Gasteiger partial charge is 0.346 e. The normalized spacial score (nSPS) is 42.3. The molecule has 4 atom stereocenters. The van der Waals surface area contributed by atoms with Gasteiger partial charge in [-0.1, -0.05) is 12.0 Å². The Kier molecular flexibility index (Phi) is 2.60. The molecule has 6 heteroatoms. The van der Waals surface area contributed by atoms with Gasteiger partial charge in [-0.25, -0.2) is 0 Å². The van der Waals surface area contributed by atoms with Gasteiger partial charge in [-0.05, 0) is 25.8 Å². The van der Waals surface area contributed by atoms with Crippen LogP contribution in [0.5, 0.6) is 0 Å². The Hall–Kier alpha value is -0.810. The molecular weight excluding hydrogens is 198 g/mol. The molecule has 0 amide bonds. The second kappa shape index (κ2) is 3.64. The maximum atomic E-state index is 8.50. The van der Waals surface area contributed by atoms with Crippen molar-refractivity contribution in [3.8, 4) is 0 Å². The summed E-state index contributed by atoms with van der Waals surface area (Å²) in [5, 5.41) is 3.73. The molecule has 15 heavy (non-hydrogen) atoms. The van der Waals surface area contributed by atoms with Gasteiger partial charge in [0, 0.05) is 4.91 Å². The summed E-state index contributed by atoms with van der Waals surface area (Å²) in [6, 6.07) is -0.285. The van der Waals surface area contributed by atoms with Gasteiger partial charge >= 0.3 is 0 Å². The highest BCUT2D eigenvalue weighted by atomic mass is 16.8. The maximum Gasteiger partial charge on any atom is 0.187 e. The lowest BCUT2D eigenvalue weighted by molar-refractivity contribution is -0.206. The molecule has 2 aliphatic rings. The van der Waals surface area contributed by atoms with Gasteiger partial charge in [0.2, 0.25) is 0 Å². The lowest BCUT2D eigenvalue weighted by atomic mass is 10.1. The number of ether oxygens (including phenoxy) is 3. The topological polar surface area (TPSA) is 76.5 Å². The fraction of sp³-hybridized carbons (Fsp3) is 1.00. The average molecular weight is 213 g/mol. The zero-order chi connectivity index (χ0) is 11.1. The molecule has 2 heterocycles. The van der Waals surface area contributed by atoms with E-state index in [1.807, 2.05) is 20.8 Å². The van der Waals surface area contributed by atoms with Gasteiger partial charge in [0.25, 0.3) is 0 Å². The Morgan fingerprint density at radius 2 is 2.13 bits per heavy atom. The van der Waals surface area contributed by atoms with Crippen molar-refractivity contribution in [2.45, 2.75) is 57.5 Å². The van der Waals surface area contributed by atoms with E-state index in [-0.39, 0.29) is 18.2 Å². The third-order valence-electron chi connectivity index (χ3n) is 2.70. The molecule has 0 unspecified atom stereocenters. The van der Waals surface area contributed by atoms with Crippen LogP contribution in [0.15, 0.2) is 5.11 Å². The Balaban J connectivity index is 2.17. The van der Waals surface area contributed by atoms with Crippen LogP contribution < -0.4 is 0 Å². The zero-order valence-electron chi connectivity index (χ0n) is 9.08. The zero-order valence-corrected chi connectivity index (χ0v) is 9.08. The van der Waals surface area contributed by atoms with Gasteiger partial charge in [-0.15, -0.1) is 0 Å². The predicted octanol–water partition coefficient (Wildman–Crippen LogP) is 1.95. The summed E-state index contributed by atoms with van der Waals surface area (Å²) in [6.07, 6.45) is -0.00240. The molecule has 0 aromatic carbocycles. The van der Waals surface area contributed by atoms with Crippen LogP contribution in [0, 0.1) is 0 Å². The first-order valence-corrected chi connectivity index (χ1v) is 5.12. The molecule has 0 spiro atoms. The molecule has 84 valence electrons. The highest BCUT2D eigenvalue weighted by Crippen LogP contribution is 2.39. The molecular formula is C9H15N3O3. The second-order valence-electron chi connectivity index (χ2n) is 4.25. The molecule has 0 bridgehead atoms. The third-order valence-corrected chi connectivity index (χ3v) is 2.70. The van der Waals surface area contributed by atoms with Crippen molar-refractivity contribution in [3.63, 3.8) is 0 Å². The number of hydrogen-bond acceptors (Lipinski definition) is 4. The van der Waals surface area contributed by atoms with Crippen LogP contribution in [0.1, 0.15) is 27.2 Å². The van der Waals surface area contributed by atoms with E-state index < -0.39 is 12.1 Å². The second-order valence-corrected chi connectivity index (χ2v) is 4.25. The summed E-state index contributed by atoms with van der Waals surface area (Å²) < 4.78 is 16.8. The van der Waals surface area contributed by atoms with E-state index in [9.17, 15) is 0 Å². The van der Waals surface area contributed by atoms with Crippen molar-refractivity contribution in [1.82, 2.24) is 0 Å². The molecule has 0 aromatic rings. The molecule has 2 rings (SSSR count). The van der Waals surface area contributed by atoms with Crippen molar-refractivity contribution in [3.05, 3.63) is 10.4 Å². The first-order valence-electron chi connectivity index (χ1n) is 5.12. The van der Waals surface area contributed by atoms with Crippen LogP contribution >= 0.6 is 0 Å². The quantitative estimate of drug-likeness (QED) is 0.399. The summed E-state index contributed by atoms with van der Waals surface area (Å²) in [7, 11) is 0. The Labute approximate surface area is 88.1 Å². The Bertz CT molecular complexity index is 301. The van der Waals surface area contributed by atoms with Crippen LogP contribution in [0.25, 0.3) is 10.4 Å². The summed E-state index contributed by atoms with van der Waals surface area (Å²) >= 11 is 0. The molecule has 0 aliphatic carbocycles. The van der Waals surface area contributed by atoms with Crippen molar-refractivity contribution < 1.29 is 14.2 Å². The monoisotopic (exact) mass is 213 g/mol. The highest BCUT2D eigenvalue weighted by molar-refractivity contribution is 4.97. The molecule has 0 radical (unpaired) electrons. The number of nitrogens with zero attached hydrogens (tertiary/aromatic N) is 3. The molecule has 0 saturated carbocycles. The smallest absolute Gasteiger partial charge is 0.187 e. The van der Waals surface area contributed by atoms with Crippen molar-refractivity contribution in [2.75, 3.05) is 0 Å². The van der Waals surface area contributed by atoms with Crippen LogP contribution in [0.3, 0.4) is 0 Å². The predicted molar refractivity (Wildman–Crippen MR) is 51.9 cm³/mol. The van der Waals surface area contributed by atoms with E-state index in [4.69, 9.17) is 19.7 Å². The van der Waals surface area contributed by atoms with Crippen molar-refractivity contribution in [1.29, 1.82) is 0 Å². The third kappa shape index (κ3) is 1.81. The van der Waals surface area contributed by atoms with Gasteiger partial charge < -0.3 is 14.2 Å². The van der Waals surface area contributed by atoms with E-state index in [0.717, 1.165) is 6.42 Å². The molecule has 6 nitrogen and oxygen atoms in total. The molecule has 0 N–H and O–H groups in total.